The van der Waals surface area contributed by atoms with Crippen molar-refractivity contribution in [1.82, 2.24) is 10.2 Å². The predicted octanol–water partition coefficient (Wildman–Crippen LogP) is 2.80. The number of hydrogen-bond donors (Lipinski definition) is 1. The van der Waals surface area contributed by atoms with E-state index in [0.717, 1.165) is 29.7 Å². The molecule has 2 aromatic rings. The number of morpholine rings is 1. The average molecular weight is 342 g/mol. The third-order valence-electron chi connectivity index (χ3n) is 4.49. The summed E-state index contributed by atoms with van der Waals surface area (Å²) < 4.78 is 18.9. The SMILES string of the molecule is CNCCc1ccccc1C(=O)N1CCOC(c2ccc(F)cc2)C1. The Morgan fingerprint density at radius 3 is 2.76 bits per heavy atom. The molecule has 0 aromatic heterocycles. The van der Waals surface area contributed by atoms with Crippen LogP contribution in [0.2, 0.25) is 0 Å². The van der Waals surface area contributed by atoms with Gasteiger partial charge in [-0.1, -0.05) is 30.3 Å². The topological polar surface area (TPSA) is 41.6 Å². The molecule has 1 heterocycles. The molecule has 25 heavy (non-hydrogen) atoms. The fourth-order valence-electron chi connectivity index (χ4n) is 3.09. The molecule has 0 aliphatic carbocycles. The zero-order valence-electron chi connectivity index (χ0n) is 14.4. The molecular formula is C20H23FN2O2. The van der Waals surface area contributed by atoms with Gasteiger partial charge in [0.1, 0.15) is 11.9 Å². The highest BCUT2D eigenvalue weighted by Gasteiger charge is 2.27. The van der Waals surface area contributed by atoms with Crippen molar-refractivity contribution in [3.8, 4) is 0 Å². The van der Waals surface area contributed by atoms with Crippen molar-refractivity contribution >= 4 is 5.91 Å². The molecule has 1 fully saturated rings. The molecule has 0 bridgehead atoms. The van der Waals surface area contributed by atoms with Crippen LogP contribution in [-0.4, -0.2) is 44.1 Å². The smallest absolute Gasteiger partial charge is 0.254 e. The van der Waals surface area contributed by atoms with E-state index in [1.54, 1.807) is 12.1 Å². The summed E-state index contributed by atoms with van der Waals surface area (Å²) >= 11 is 0. The number of halogens is 1. The highest BCUT2D eigenvalue weighted by molar-refractivity contribution is 5.95. The Balaban J connectivity index is 1.75. The maximum Gasteiger partial charge on any atom is 0.254 e. The van der Waals surface area contributed by atoms with Crippen molar-refractivity contribution in [2.45, 2.75) is 12.5 Å². The summed E-state index contributed by atoms with van der Waals surface area (Å²) in [5.74, 6) is -0.243. The van der Waals surface area contributed by atoms with Gasteiger partial charge in [-0.3, -0.25) is 4.79 Å². The van der Waals surface area contributed by atoms with Crippen LogP contribution >= 0.6 is 0 Å². The van der Waals surface area contributed by atoms with Crippen LogP contribution < -0.4 is 5.32 Å². The van der Waals surface area contributed by atoms with Crippen molar-refractivity contribution in [3.05, 3.63) is 71.0 Å². The molecule has 132 valence electrons. The lowest BCUT2D eigenvalue weighted by molar-refractivity contribution is -0.0228. The second kappa shape index (κ2) is 8.23. The monoisotopic (exact) mass is 342 g/mol. The molecule has 2 aromatic carbocycles. The molecule has 4 nitrogen and oxygen atoms in total. The first-order chi connectivity index (χ1) is 12.2. The molecule has 1 amide bonds. The number of benzene rings is 2. The molecule has 0 spiro atoms. The molecule has 1 atom stereocenters. The lowest BCUT2D eigenvalue weighted by atomic mass is 10.0. The van der Waals surface area contributed by atoms with E-state index >= 15 is 0 Å². The van der Waals surface area contributed by atoms with E-state index in [1.165, 1.54) is 12.1 Å². The van der Waals surface area contributed by atoms with Gasteiger partial charge in [-0.05, 0) is 49.3 Å². The van der Waals surface area contributed by atoms with Crippen molar-refractivity contribution in [3.63, 3.8) is 0 Å². The van der Waals surface area contributed by atoms with E-state index < -0.39 is 0 Å². The molecule has 1 N–H and O–H groups in total. The van der Waals surface area contributed by atoms with E-state index in [9.17, 15) is 9.18 Å². The minimum Gasteiger partial charge on any atom is -0.370 e. The molecule has 1 aliphatic rings. The molecular weight excluding hydrogens is 319 g/mol. The van der Waals surface area contributed by atoms with E-state index in [2.05, 4.69) is 5.32 Å². The number of amides is 1. The van der Waals surface area contributed by atoms with Gasteiger partial charge in [0.15, 0.2) is 0 Å². The first-order valence-corrected chi connectivity index (χ1v) is 8.58. The Morgan fingerprint density at radius 2 is 2.00 bits per heavy atom. The highest BCUT2D eigenvalue weighted by atomic mass is 19.1. The number of nitrogens with one attached hydrogen (secondary N) is 1. The zero-order chi connectivity index (χ0) is 17.6. The molecule has 1 unspecified atom stereocenters. The van der Waals surface area contributed by atoms with Crippen LogP contribution in [0.3, 0.4) is 0 Å². The van der Waals surface area contributed by atoms with Crippen LogP contribution in [0.1, 0.15) is 27.6 Å². The zero-order valence-corrected chi connectivity index (χ0v) is 14.4. The van der Waals surface area contributed by atoms with Crippen molar-refractivity contribution in [2.75, 3.05) is 33.3 Å². The number of likely N-dealkylation sites (N-methyl/N-ethyl adjacent to an activating group) is 1. The minimum absolute atomic E-state index is 0.0297. The summed E-state index contributed by atoms with van der Waals surface area (Å²) in [4.78, 5) is 14.8. The van der Waals surface area contributed by atoms with Gasteiger partial charge in [0, 0.05) is 12.1 Å². The first kappa shape index (κ1) is 17.6. The van der Waals surface area contributed by atoms with Gasteiger partial charge in [-0.15, -0.1) is 0 Å². The summed E-state index contributed by atoms with van der Waals surface area (Å²) in [6, 6.07) is 14.0. The maximum atomic E-state index is 13.1. The Hall–Kier alpha value is -2.24. The van der Waals surface area contributed by atoms with Gasteiger partial charge >= 0.3 is 0 Å². The summed E-state index contributed by atoms with van der Waals surface area (Å²) in [5.41, 5.74) is 2.69. The fraction of sp³-hybridized carbons (Fsp3) is 0.350. The largest absolute Gasteiger partial charge is 0.370 e. The number of rotatable bonds is 5. The van der Waals surface area contributed by atoms with Crippen LogP contribution in [0.5, 0.6) is 0 Å². The van der Waals surface area contributed by atoms with Crippen LogP contribution in [0.25, 0.3) is 0 Å². The first-order valence-electron chi connectivity index (χ1n) is 8.58. The number of nitrogens with zero attached hydrogens (tertiary/aromatic N) is 1. The van der Waals surface area contributed by atoms with Crippen molar-refractivity contribution in [2.24, 2.45) is 0 Å². The normalized spacial score (nSPS) is 17.5. The quantitative estimate of drug-likeness (QED) is 0.908. The molecule has 1 aliphatic heterocycles. The second-order valence-electron chi connectivity index (χ2n) is 6.17. The predicted molar refractivity (Wildman–Crippen MR) is 95.1 cm³/mol. The van der Waals surface area contributed by atoms with E-state index in [1.807, 2.05) is 36.2 Å². The summed E-state index contributed by atoms with van der Waals surface area (Å²) in [7, 11) is 1.90. The van der Waals surface area contributed by atoms with E-state index in [0.29, 0.717) is 19.7 Å². The van der Waals surface area contributed by atoms with Gasteiger partial charge < -0.3 is 15.0 Å². The second-order valence-corrected chi connectivity index (χ2v) is 6.17. The third-order valence-corrected chi connectivity index (χ3v) is 4.49. The Kier molecular flexibility index (Phi) is 5.79. The van der Waals surface area contributed by atoms with Gasteiger partial charge in [-0.25, -0.2) is 4.39 Å². The molecule has 1 saturated heterocycles. The van der Waals surface area contributed by atoms with Gasteiger partial charge in [0.25, 0.3) is 5.91 Å². The Labute approximate surface area is 147 Å². The Bertz CT molecular complexity index is 718. The summed E-state index contributed by atoms with van der Waals surface area (Å²) in [5, 5.41) is 3.12. The van der Waals surface area contributed by atoms with Gasteiger partial charge in [0.05, 0.1) is 13.2 Å². The number of carbonyl (C=O) groups is 1. The number of ether oxygens (including phenoxy) is 1. The van der Waals surface area contributed by atoms with Gasteiger partial charge in [0.2, 0.25) is 0 Å². The maximum absolute atomic E-state index is 13.1. The summed E-state index contributed by atoms with van der Waals surface area (Å²) in [6.45, 7) is 2.35. The van der Waals surface area contributed by atoms with Crippen LogP contribution in [0.4, 0.5) is 4.39 Å². The highest BCUT2D eigenvalue weighted by Crippen LogP contribution is 2.24. The lowest BCUT2D eigenvalue weighted by Crippen LogP contribution is -2.42. The van der Waals surface area contributed by atoms with Gasteiger partial charge in [-0.2, -0.15) is 0 Å². The van der Waals surface area contributed by atoms with E-state index in [-0.39, 0.29) is 17.8 Å². The number of hydrogen-bond acceptors (Lipinski definition) is 3. The molecule has 0 radical (unpaired) electrons. The molecule has 0 saturated carbocycles. The Morgan fingerprint density at radius 1 is 1.24 bits per heavy atom. The summed E-state index contributed by atoms with van der Waals surface area (Å²) in [6.07, 6.45) is 0.590. The minimum atomic E-state index is -0.272. The molecule has 5 heteroatoms. The molecule has 3 rings (SSSR count). The van der Waals surface area contributed by atoms with Crippen LogP contribution in [0, 0.1) is 5.82 Å². The van der Waals surface area contributed by atoms with Crippen molar-refractivity contribution in [1.29, 1.82) is 0 Å². The van der Waals surface area contributed by atoms with Crippen LogP contribution in [-0.2, 0) is 11.2 Å². The fourth-order valence-corrected chi connectivity index (χ4v) is 3.09. The third kappa shape index (κ3) is 4.24. The lowest BCUT2D eigenvalue weighted by Gasteiger charge is -2.33. The van der Waals surface area contributed by atoms with E-state index in [4.69, 9.17) is 4.74 Å². The number of carbonyl (C=O) groups excluding carboxylic acids is 1. The standard InChI is InChI=1S/C20H23FN2O2/c1-22-11-10-15-4-2-3-5-18(15)20(24)23-12-13-25-19(14-23)16-6-8-17(21)9-7-16/h2-9,19,22H,10-14H2,1H3. The average Bonchev–Trinajstić information content (AvgIpc) is 2.67. The van der Waals surface area contributed by atoms with Crippen LogP contribution in [0.15, 0.2) is 48.5 Å². The van der Waals surface area contributed by atoms with Crippen molar-refractivity contribution < 1.29 is 13.9 Å².